The van der Waals surface area contributed by atoms with E-state index >= 15 is 0 Å². The summed E-state index contributed by atoms with van der Waals surface area (Å²) in [5, 5.41) is 2.66. The molecule has 142 valence electrons. The highest BCUT2D eigenvalue weighted by Gasteiger charge is 2.30. The van der Waals surface area contributed by atoms with E-state index in [4.69, 9.17) is 0 Å². The van der Waals surface area contributed by atoms with Crippen molar-refractivity contribution in [1.82, 2.24) is 4.31 Å². The van der Waals surface area contributed by atoms with Crippen LogP contribution in [0.4, 0.5) is 15.8 Å². The average Bonchev–Trinajstić information content (AvgIpc) is 2.61. The number of hydrogen-bond acceptors (Lipinski definition) is 4. The number of sulfonamides is 1. The molecule has 0 spiro atoms. The van der Waals surface area contributed by atoms with E-state index in [1.807, 2.05) is 0 Å². The van der Waals surface area contributed by atoms with E-state index in [2.05, 4.69) is 5.32 Å². The number of benzene rings is 2. The van der Waals surface area contributed by atoms with Gasteiger partial charge in [0.25, 0.3) is 0 Å². The van der Waals surface area contributed by atoms with Gasteiger partial charge >= 0.3 is 0 Å². The molecule has 2 aromatic carbocycles. The summed E-state index contributed by atoms with van der Waals surface area (Å²) in [6.07, 6.45) is 0.956. The zero-order valence-corrected chi connectivity index (χ0v) is 15.4. The lowest BCUT2D eigenvalue weighted by atomic mass is 10.2. The van der Waals surface area contributed by atoms with Crippen LogP contribution < -0.4 is 10.2 Å². The minimum atomic E-state index is -3.79. The Labute approximate surface area is 156 Å². The predicted molar refractivity (Wildman–Crippen MR) is 99.1 cm³/mol. The SMILES string of the molecule is CS(=O)(=O)N(CC(=O)N1CC(=O)Nc2ccccc21)Cc1ccccc1F. The quantitative estimate of drug-likeness (QED) is 0.838. The molecule has 0 radical (unpaired) electrons. The van der Waals surface area contributed by atoms with E-state index in [0.29, 0.717) is 11.4 Å². The minimum absolute atomic E-state index is 0.160. The Morgan fingerprint density at radius 1 is 1.19 bits per heavy atom. The van der Waals surface area contributed by atoms with Gasteiger partial charge in [0, 0.05) is 12.1 Å². The molecule has 0 atom stereocenters. The Balaban J connectivity index is 1.85. The third-order valence-corrected chi connectivity index (χ3v) is 5.35. The molecule has 1 heterocycles. The van der Waals surface area contributed by atoms with Crippen LogP contribution in [0.15, 0.2) is 48.5 Å². The molecule has 3 rings (SSSR count). The highest BCUT2D eigenvalue weighted by Crippen LogP contribution is 2.29. The molecule has 0 unspecified atom stereocenters. The van der Waals surface area contributed by atoms with Gasteiger partial charge in [-0.2, -0.15) is 4.31 Å². The van der Waals surface area contributed by atoms with E-state index in [0.717, 1.165) is 10.6 Å². The number of rotatable bonds is 5. The smallest absolute Gasteiger partial charge is 0.244 e. The fraction of sp³-hybridized carbons (Fsp3) is 0.222. The third-order valence-electron chi connectivity index (χ3n) is 4.16. The maximum absolute atomic E-state index is 13.9. The third kappa shape index (κ3) is 4.32. The number of amides is 2. The molecular weight excluding hydrogens is 373 g/mol. The molecule has 1 aliphatic heterocycles. The van der Waals surface area contributed by atoms with Crippen molar-refractivity contribution in [1.29, 1.82) is 0 Å². The number of halogens is 1. The number of carbonyl (C=O) groups excluding carboxylic acids is 2. The molecular formula is C18H18FN3O4S. The summed E-state index contributed by atoms with van der Waals surface area (Å²) in [6.45, 7) is -0.999. The van der Waals surface area contributed by atoms with E-state index in [9.17, 15) is 22.4 Å². The van der Waals surface area contributed by atoms with Crippen molar-refractivity contribution < 1.29 is 22.4 Å². The molecule has 7 nitrogen and oxygen atoms in total. The van der Waals surface area contributed by atoms with Gasteiger partial charge in [-0.05, 0) is 18.2 Å². The summed E-state index contributed by atoms with van der Waals surface area (Å²) < 4.78 is 39.1. The van der Waals surface area contributed by atoms with Crippen LogP contribution >= 0.6 is 0 Å². The Morgan fingerprint density at radius 2 is 1.85 bits per heavy atom. The molecule has 27 heavy (non-hydrogen) atoms. The van der Waals surface area contributed by atoms with Crippen LogP contribution in [0.25, 0.3) is 0 Å². The first kappa shape index (κ1) is 19.0. The molecule has 0 aliphatic carbocycles. The first-order chi connectivity index (χ1) is 12.8. The van der Waals surface area contributed by atoms with Crippen molar-refractivity contribution in [3.8, 4) is 0 Å². The highest BCUT2D eigenvalue weighted by molar-refractivity contribution is 7.88. The number of hydrogen-bond donors (Lipinski definition) is 1. The number of fused-ring (bicyclic) bond motifs is 1. The van der Waals surface area contributed by atoms with Crippen LogP contribution in [-0.2, 0) is 26.2 Å². The van der Waals surface area contributed by atoms with Gasteiger partial charge in [0.1, 0.15) is 12.4 Å². The molecule has 1 N–H and O–H groups in total. The van der Waals surface area contributed by atoms with E-state index in [1.165, 1.54) is 23.1 Å². The molecule has 2 aromatic rings. The Kier molecular flexibility index (Phi) is 5.24. The molecule has 2 amide bonds. The summed E-state index contributed by atoms with van der Waals surface area (Å²) in [6, 6.07) is 12.5. The normalized spacial score (nSPS) is 14.0. The largest absolute Gasteiger partial charge is 0.323 e. The van der Waals surface area contributed by atoms with Crippen molar-refractivity contribution in [3.05, 3.63) is 59.9 Å². The molecule has 0 fully saturated rings. The van der Waals surface area contributed by atoms with Crippen molar-refractivity contribution in [2.45, 2.75) is 6.54 Å². The summed E-state index contributed by atoms with van der Waals surface area (Å²) in [4.78, 5) is 25.9. The Hall–Kier alpha value is -2.78. The second-order valence-corrected chi connectivity index (χ2v) is 8.15. The molecule has 0 aromatic heterocycles. The van der Waals surface area contributed by atoms with Crippen LogP contribution in [0.1, 0.15) is 5.56 Å². The van der Waals surface area contributed by atoms with Gasteiger partial charge < -0.3 is 5.32 Å². The lowest BCUT2D eigenvalue weighted by Crippen LogP contribution is -2.47. The number of para-hydroxylation sites is 2. The Bertz CT molecular complexity index is 994. The zero-order valence-electron chi connectivity index (χ0n) is 14.6. The first-order valence-corrected chi connectivity index (χ1v) is 9.98. The van der Waals surface area contributed by atoms with E-state index in [-0.39, 0.29) is 24.6 Å². The fourth-order valence-corrected chi connectivity index (χ4v) is 3.52. The average molecular weight is 391 g/mol. The predicted octanol–water partition coefficient (Wildman–Crippen LogP) is 1.57. The lowest BCUT2D eigenvalue weighted by molar-refractivity contribution is -0.122. The van der Waals surface area contributed by atoms with Crippen LogP contribution in [0.3, 0.4) is 0 Å². The molecule has 1 aliphatic rings. The highest BCUT2D eigenvalue weighted by atomic mass is 32.2. The van der Waals surface area contributed by atoms with Crippen molar-refractivity contribution in [2.75, 3.05) is 29.6 Å². The van der Waals surface area contributed by atoms with Crippen LogP contribution in [0.2, 0.25) is 0 Å². The zero-order chi connectivity index (χ0) is 19.6. The fourth-order valence-electron chi connectivity index (χ4n) is 2.80. The second kappa shape index (κ2) is 7.45. The molecule has 9 heteroatoms. The van der Waals surface area contributed by atoms with Gasteiger partial charge in [-0.3, -0.25) is 14.5 Å². The topological polar surface area (TPSA) is 86.8 Å². The first-order valence-electron chi connectivity index (χ1n) is 8.13. The monoisotopic (exact) mass is 391 g/mol. The number of nitrogens with one attached hydrogen (secondary N) is 1. The molecule has 0 bridgehead atoms. The minimum Gasteiger partial charge on any atom is -0.323 e. The lowest BCUT2D eigenvalue weighted by Gasteiger charge is -2.31. The standard InChI is InChI=1S/C18H18FN3O4S/c1-27(25,26)21(10-13-6-2-3-7-14(13)19)12-18(24)22-11-17(23)20-15-8-4-5-9-16(15)22/h2-9H,10-12H2,1H3,(H,20,23). The van der Waals surface area contributed by atoms with E-state index < -0.39 is 28.3 Å². The van der Waals surface area contributed by atoms with E-state index in [1.54, 1.807) is 30.3 Å². The van der Waals surface area contributed by atoms with Gasteiger partial charge in [-0.1, -0.05) is 30.3 Å². The van der Waals surface area contributed by atoms with Crippen LogP contribution in [0, 0.1) is 5.82 Å². The molecule has 0 saturated heterocycles. The maximum atomic E-state index is 13.9. The van der Waals surface area contributed by atoms with Crippen molar-refractivity contribution in [3.63, 3.8) is 0 Å². The summed E-state index contributed by atoms with van der Waals surface area (Å²) in [5.41, 5.74) is 1.12. The van der Waals surface area contributed by atoms with Gasteiger partial charge in [0.05, 0.1) is 24.2 Å². The maximum Gasteiger partial charge on any atom is 0.244 e. The van der Waals surface area contributed by atoms with Crippen molar-refractivity contribution in [2.24, 2.45) is 0 Å². The van der Waals surface area contributed by atoms with Gasteiger partial charge in [-0.15, -0.1) is 0 Å². The van der Waals surface area contributed by atoms with Gasteiger partial charge in [0.15, 0.2) is 0 Å². The van der Waals surface area contributed by atoms with Crippen LogP contribution in [0.5, 0.6) is 0 Å². The van der Waals surface area contributed by atoms with Gasteiger partial charge in [-0.25, -0.2) is 12.8 Å². The number of nitrogens with zero attached hydrogens (tertiary/aromatic N) is 2. The number of anilines is 2. The number of carbonyl (C=O) groups is 2. The van der Waals surface area contributed by atoms with Gasteiger partial charge in [0.2, 0.25) is 21.8 Å². The van der Waals surface area contributed by atoms with Crippen LogP contribution in [-0.4, -0.2) is 43.9 Å². The summed E-state index contributed by atoms with van der Waals surface area (Å²) in [7, 11) is -3.79. The summed E-state index contributed by atoms with van der Waals surface area (Å²) in [5.74, 6) is -1.50. The molecule has 0 saturated carbocycles. The summed E-state index contributed by atoms with van der Waals surface area (Å²) >= 11 is 0. The second-order valence-electron chi connectivity index (χ2n) is 6.17. The van der Waals surface area contributed by atoms with Crippen molar-refractivity contribution >= 4 is 33.2 Å². The Morgan fingerprint density at radius 3 is 2.56 bits per heavy atom.